The highest BCUT2D eigenvalue weighted by atomic mass is 35.7. The van der Waals surface area contributed by atoms with E-state index in [-0.39, 0.29) is 5.75 Å². The molecule has 0 aliphatic carbocycles. The highest BCUT2D eigenvalue weighted by Gasteiger charge is 2.10. The third-order valence-electron chi connectivity index (χ3n) is 2.57. The quantitative estimate of drug-likeness (QED) is 0.793. The number of aryl methyl sites for hydroxylation is 2. The molecular formula is C11H14Cl2O2S. The molecule has 0 heterocycles. The predicted octanol–water partition coefficient (Wildman–Crippen LogP) is 3.32. The minimum atomic E-state index is -3.44. The van der Waals surface area contributed by atoms with Crippen molar-refractivity contribution >= 4 is 31.3 Å². The van der Waals surface area contributed by atoms with Crippen LogP contribution in [-0.2, 0) is 21.9 Å². The van der Waals surface area contributed by atoms with Crippen LogP contribution in [0.5, 0.6) is 0 Å². The summed E-state index contributed by atoms with van der Waals surface area (Å²) in [5.41, 5.74) is 2.96. The van der Waals surface area contributed by atoms with Crippen molar-refractivity contribution in [2.24, 2.45) is 0 Å². The fourth-order valence-electron chi connectivity index (χ4n) is 1.56. The van der Waals surface area contributed by atoms with Crippen LogP contribution < -0.4 is 0 Å². The largest absolute Gasteiger partial charge is 0.232 e. The minimum Gasteiger partial charge on any atom is -0.212 e. The molecule has 0 fully saturated rings. The first-order valence-electron chi connectivity index (χ1n) is 5.04. The summed E-state index contributed by atoms with van der Waals surface area (Å²) in [6.45, 7) is 3.93. The SMILES string of the molecule is CCc1ccc(CCS(=O)(=O)Cl)c(C)c1Cl. The molecule has 0 aliphatic heterocycles. The Balaban J connectivity index is 2.95. The molecular weight excluding hydrogens is 267 g/mol. The molecule has 0 unspecified atom stereocenters. The van der Waals surface area contributed by atoms with Crippen LogP contribution in [-0.4, -0.2) is 14.2 Å². The summed E-state index contributed by atoms with van der Waals surface area (Å²) in [4.78, 5) is 0. The number of halogens is 2. The monoisotopic (exact) mass is 280 g/mol. The van der Waals surface area contributed by atoms with E-state index in [1.165, 1.54) is 0 Å². The van der Waals surface area contributed by atoms with Gasteiger partial charge in [-0.1, -0.05) is 30.7 Å². The van der Waals surface area contributed by atoms with Crippen LogP contribution in [0.2, 0.25) is 5.02 Å². The van der Waals surface area contributed by atoms with Crippen LogP contribution in [0.25, 0.3) is 0 Å². The average Bonchev–Trinajstić information content (AvgIpc) is 2.19. The maximum Gasteiger partial charge on any atom is 0.232 e. The van der Waals surface area contributed by atoms with E-state index in [9.17, 15) is 8.42 Å². The van der Waals surface area contributed by atoms with Gasteiger partial charge in [-0.05, 0) is 36.5 Å². The molecule has 0 aromatic heterocycles. The summed E-state index contributed by atoms with van der Waals surface area (Å²) in [7, 11) is 1.73. The van der Waals surface area contributed by atoms with Crippen molar-refractivity contribution in [2.45, 2.75) is 26.7 Å². The van der Waals surface area contributed by atoms with Crippen LogP contribution >= 0.6 is 22.3 Å². The van der Waals surface area contributed by atoms with Crippen LogP contribution in [0, 0.1) is 6.92 Å². The first kappa shape index (κ1) is 13.8. The van der Waals surface area contributed by atoms with Gasteiger partial charge >= 0.3 is 0 Å². The van der Waals surface area contributed by atoms with E-state index in [1.807, 2.05) is 26.0 Å². The van der Waals surface area contributed by atoms with E-state index in [0.717, 1.165) is 28.1 Å². The topological polar surface area (TPSA) is 34.1 Å². The van der Waals surface area contributed by atoms with Gasteiger partial charge in [0.1, 0.15) is 0 Å². The zero-order chi connectivity index (χ0) is 12.3. The molecule has 0 saturated carbocycles. The molecule has 1 aromatic rings. The first-order chi connectivity index (χ1) is 7.35. The molecule has 0 aliphatic rings. The van der Waals surface area contributed by atoms with Crippen molar-refractivity contribution in [3.8, 4) is 0 Å². The standard InChI is InChI=1S/C11H14Cl2O2S/c1-3-9-4-5-10(8(2)11(9)12)6-7-16(13,14)15/h4-5H,3,6-7H2,1-2H3. The van der Waals surface area contributed by atoms with E-state index < -0.39 is 9.05 Å². The smallest absolute Gasteiger partial charge is 0.212 e. The van der Waals surface area contributed by atoms with Crippen LogP contribution in [0.3, 0.4) is 0 Å². The normalized spacial score (nSPS) is 11.8. The highest BCUT2D eigenvalue weighted by Crippen LogP contribution is 2.25. The van der Waals surface area contributed by atoms with Gasteiger partial charge in [0.2, 0.25) is 9.05 Å². The molecule has 0 radical (unpaired) electrons. The second-order valence-corrected chi connectivity index (χ2v) is 6.94. The predicted molar refractivity (Wildman–Crippen MR) is 68.9 cm³/mol. The summed E-state index contributed by atoms with van der Waals surface area (Å²) >= 11 is 6.17. The zero-order valence-electron chi connectivity index (χ0n) is 9.26. The van der Waals surface area contributed by atoms with Gasteiger partial charge < -0.3 is 0 Å². The highest BCUT2D eigenvalue weighted by molar-refractivity contribution is 8.13. The maximum absolute atomic E-state index is 10.9. The lowest BCUT2D eigenvalue weighted by atomic mass is 10.0. The third kappa shape index (κ3) is 3.65. The molecule has 1 aromatic carbocycles. The molecule has 1 rings (SSSR count). The molecule has 5 heteroatoms. The lowest BCUT2D eigenvalue weighted by molar-refractivity contribution is 0.609. The Labute approximate surface area is 106 Å². The Morgan fingerprint density at radius 3 is 2.31 bits per heavy atom. The molecule has 0 spiro atoms. The van der Waals surface area contributed by atoms with Gasteiger partial charge in [-0.25, -0.2) is 8.42 Å². The summed E-state index contributed by atoms with van der Waals surface area (Å²) in [5.74, 6) is -0.0583. The fourth-order valence-corrected chi connectivity index (χ4v) is 2.57. The van der Waals surface area contributed by atoms with Crippen molar-refractivity contribution < 1.29 is 8.42 Å². The number of rotatable bonds is 4. The second-order valence-electron chi connectivity index (χ2n) is 3.67. The third-order valence-corrected chi connectivity index (χ3v) is 4.26. The van der Waals surface area contributed by atoms with Gasteiger partial charge in [0.05, 0.1) is 5.75 Å². The fraction of sp³-hybridized carbons (Fsp3) is 0.455. The van der Waals surface area contributed by atoms with Gasteiger partial charge in [0.25, 0.3) is 0 Å². The molecule has 0 atom stereocenters. The summed E-state index contributed by atoms with van der Waals surface area (Å²) in [6.07, 6.45) is 1.27. The molecule has 90 valence electrons. The second kappa shape index (κ2) is 5.39. The molecule has 0 saturated heterocycles. The van der Waals surface area contributed by atoms with Gasteiger partial charge in [-0.15, -0.1) is 0 Å². The van der Waals surface area contributed by atoms with Gasteiger partial charge in [0, 0.05) is 15.7 Å². The summed E-state index contributed by atoms with van der Waals surface area (Å²) in [6, 6.07) is 3.85. The Morgan fingerprint density at radius 1 is 1.25 bits per heavy atom. The number of hydrogen-bond donors (Lipinski definition) is 0. The van der Waals surface area contributed by atoms with Crippen LogP contribution in [0.1, 0.15) is 23.6 Å². The lowest BCUT2D eigenvalue weighted by Crippen LogP contribution is -2.03. The Morgan fingerprint density at radius 2 is 1.81 bits per heavy atom. The molecule has 16 heavy (non-hydrogen) atoms. The van der Waals surface area contributed by atoms with Crippen molar-refractivity contribution in [3.05, 3.63) is 33.8 Å². The van der Waals surface area contributed by atoms with Crippen molar-refractivity contribution in [2.75, 3.05) is 5.75 Å². The Bertz CT molecular complexity index is 481. The molecule has 0 N–H and O–H groups in total. The zero-order valence-corrected chi connectivity index (χ0v) is 11.6. The van der Waals surface area contributed by atoms with Crippen LogP contribution in [0.15, 0.2) is 12.1 Å². The Kier molecular flexibility index (Phi) is 4.65. The van der Waals surface area contributed by atoms with E-state index in [4.69, 9.17) is 22.3 Å². The van der Waals surface area contributed by atoms with E-state index in [2.05, 4.69) is 0 Å². The number of hydrogen-bond acceptors (Lipinski definition) is 2. The lowest BCUT2D eigenvalue weighted by Gasteiger charge is -2.10. The van der Waals surface area contributed by atoms with Gasteiger partial charge in [-0.3, -0.25) is 0 Å². The van der Waals surface area contributed by atoms with Gasteiger partial charge in [0.15, 0.2) is 0 Å². The van der Waals surface area contributed by atoms with Crippen LogP contribution in [0.4, 0.5) is 0 Å². The van der Waals surface area contributed by atoms with Crippen molar-refractivity contribution in [3.63, 3.8) is 0 Å². The minimum absolute atomic E-state index is 0.0583. The first-order valence-corrected chi connectivity index (χ1v) is 7.90. The average molecular weight is 281 g/mol. The molecule has 0 bridgehead atoms. The van der Waals surface area contributed by atoms with Crippen molar-refractivity contribution in [1.29, 1.82) is 0 Å². The van der Waals surface area contributed by atoms with Crippen molar-refractivity contribution in [1.82, 2.24) is 0 Å². The molecule has 0 amide bonds. The van der Waals surface area contributed by atoms with E-state index in [1.54, 1.807) is 0 Å². The Hall–Kier alpha value is -0.250. The number of benzene rings is 1. The summed E-state index contributed by atoms with van der Waals surface area (Å²) in [5, 5.41) is 0.729. The summed E-state index contributed by atoms with van der Waals surface area (Å²) < 4.78 is 21.7. The van der Waals surface area contributed by atoms with E-state index in [0.29, 0.717) is 6.42 Å². The van der Waals surface area contributed by atoms with Gasteiger partial charge in [-0.2, -0.15) is 0 Å². The maximum atomic E-state index is 10.9. The molecule has 2 nitrogen and oxygen atoms in total. The van der Waals surface area contributed by atoms with E-state index >= 15 is 0 Å².